The van der Waals surface area contributed by atoms with Crippen LogP contribution in [0.3, 0.4) is 0 Å². The van der Waals surface area contributed by atoms with Gasteiger partial charge in [0, 0.05) is 22.7 Å². The molecule has 0 amide bonds. The highest BCUT2D eigenvalue weighted by Gasteiger charge is 2.16. The highest BCUT2D eigenvalue weighted by Crippen LogP contribution is 2.25. The topological polar surface area (TPSA) is 42.1 Å². The van der Waals surface area contributed by atoms with Crippen LogP contribution >= 0.6 is 15.9 Å². The van der Waals surface area contributed by atoms with Crippen molar-refractivity contribution in [3.8, 4) is 5.75 Å². The minimum Gasteiger partial charge on any atom is -0.494 e. The van der Waals surface area contributed by atoms with Crippen molar-refractivity contribution in [2.75, 3.05) is 6.61 Å². The molecule has 0 aliphatic heterocycles. The van der Waals surface area contributed by atoms with Gasteiger partial charge in [-0.2, -0.15) is 0 Å². The normalized spacial score (nSPS) is 12.6. The van der Waals surface area contributed by atoms with E-state index in [-0.39, 0.29) is 10.6 Å². The summed E-state index contributed by atoms with van der Waals surface area (Å²) in [5.41, 5.74) is 1.65. The summed E-state index contributed by atoms with van der Waals surface area (Å²) in [6.45, 7) is 4.38. The van der Waals surface area contributed by atoms with E-state index in [1.807, 2.05) is 32.0 Å². The average molecular weight is 296 g/mol. The van der Waals surface area contributed by atoms with Crippen LogP contribution in [-0.4, -0.2) is 22.2 Å². The Morgan fingerprint density at radius 2 is 2.29 bits per heavy atom. The molecule has 0 bridgehead atoms. The number of ketones is 1. The predicted octanol–water partition coefficient (Wildman–Crippen LogP) is 3.53. The largest absolute Gasteiger partial charge is 0.494 e. The number of carbonyl (C=O) groups excluding carboxylic acids is 1. The number of rotatable bonds is 4. The van der Waals surface area contributed by atoms with Gasteiger partial charge in [-0.15, -0.1) is 0 Å². The van der Waals surface area contributed by atoms with E-state index in [2.05, 4.69) is 20.9 Å². The van der Waals surface area contributed by atoms with Crippen LogP contribution < -0.4 is 4.74 Å². The van der Waals surface area contributed by atoms with Crippen LogP contribution in [0.2, 0.25) is 0 Å². The van der Waals surface area contributed by atoms with Crippen LogP contribution in [-0.2, 0) is 0 Å². The van der Waals surface area contributed by atoms with Gasteiger partial charge in [0.1, 0.15) is 5.75 Å². The zero-order valence-electron chi connectivity index (χ0n) is 9.79. The van der Waals surface area contributed by atoms with Gasteiger partial charge in [-0.25, -0.2) is 0 Å². The summed E-state index contributed by atoms with van der Waals surface area (Å²) in [6.07, 6.45) is 1.75. The summed E-state index contributed by atoms with van der Waals surface area (Å²) in [6, 6.07) is 5.72. The molecule has 0 radical (unpaired) electrons. The summed E-state index contributed by atoms with van der Waals surface area (Å²) < 4.78 is 5.44. The number of fused-ring (bicyclic) bond motifs is 1. The van der Waals surface area contributed by atoms with Crippen molar-refractivity contribution in [2.24, 2.45) is 0 Å². The van der Waals surface area contributed by atoms with Crippen LogP contribution in [0, 0.1) is 0 Å². The lowest BCUT2D eigenvalue weighted by molar-refractivity contribution is 0.0997. The minimum absolute atomic E-state index is 0.0740. The molecular formula is C13H14BrNO2. The number of ether oxygens (including phenoxy) is 1. The molecule has 0 aliphatic carbocycles. The van der Waals surface area contributed by atoms with Gasteiger partial charge in [0.25, 0.3) is 0 Å². The van der Waals surface area contributed by atoms with E-state index in [1.54, 1.807) is 6.20 Å². The smallest absolute Gasteiger partial charge is 0.178 e. The quantitative estimate of drug-likeness (QED) is 0.692. The van der Waals surface area contributed by atoms with Crippen molar-refractivity contribution >= 4 is 32.6 Å². The van der Waals surface area contributed by atoms with Crippen LogP contribution in [0.25, 0.3) is 10.9 Å². The number of H-pyrrole nitrogens is 1. The zero-order valence-corrected chi connectivity index (χ0v) is 11.4. The maximum Gasteiger partial charge on any atom is 0.178 e. The van der Waals surface area contributed by atoms with Gasteiger partial charge < -0.3 is 9.72 Å². The molecule has 1 N–H and O–H groups in total. The third-order valence-electron chi connectivity index (χ3n) is 2.59. The Kier molecular flexibility index (Phi) is 3.52. The highest BCUT2D eigenvalue weighted by molar-refractivity contribution is 9.10. The number of Topliss-reactive ketones (excluding diaryl/α,β-unsaturated/α-hetero) is 1. The Morgan fingerprint density at radius 3 is 2.94 bits per heavy atom. The molecule has 0 aliphatic rings. The summed E-state index contributed by atoms with van der Waals surface area (Å²) in [5.74, 6) is 0.862. The summed E-state index contributed by atoms with van der Waals surface area (Å²) >= 11 is 3.30. The van der Waals surface area contributed by atoms with Gasteiger partial charge in [-0.3, -0.25) is 4.79 Å². The number of hydrogen-bond acceptors (Lipinski definition) is 2. The van der Waals surface area contributed by atoms with Gasteiger partial charge in [0.05, 0.1) is 11.4 Å². The standard InChI is InChI=1S/C13H14BrNO2/c1-3-17-9-4-5-12-10(6-9)11(7-15-12)13(16)8(2)14/h4-8,15H,3H2,1-2H3. The number of hydrogen-bond donors (Lipinski definition) is 1. The van der Waals surface area contributed by atoms with Crippen LogP contribution in [0.15, 0.2) is 24.4 Å². The second kappa shape index (κ2) is 4.92. The van der Waals surface area contributed by atoms with Crippen molar-refractivity contribution in [1.29, 1.82) is 0 Å². The maximum absolute atomic E-state index is 12.0. The van der Waals surface area contributed by atoms with Gasteiger partial charge >= 0.3 is 0 Å². The lowest BCUT2D eigenvalue weighted by Gasteiger charge is -2.04. The molecule has 4 heteroatoms. The molecule has 0 saturated heterocycles. The Hall–Kier alpha value is -1.29. The van der Waals surface area contributed by atoms with E-state index in [0.717, 1.165) is 16.7 Å². The van der Waals surface area contributed by atoms with Gasteiger partial charge in [-0.1, -0.05) is 15.9 Å². The van der Waals surface area contributed by atoms with Crippen molar-refractivity contribution in [2.45, 2.75) is 18.7 Å². The number of alkyl halides is 1. The first kappa shape index (κ1) is 12.2. The van der Waals surface area contributed by atoms with E-state index in [9.17, 15) is 4.79 Å². The fourth-order valence-corrected chi connectivity index (χ4v) is 2.02. The van der Waals surface area contributed by atoms with E-state index >= 15 is 0 Å². The fraction of sp³-hybridized carbons (Fsp3) is 0.308. The highest BCUT2D eigenvalue weighted by atomic mass is 79.9. The molecule has 1 unspecified atom stereocenters. The number of aromatic nitrogens is 1. The molecule has 0 spiro atoms. The van der Waals surface area contributed by atoms with E-state index < -0.39 is 0 Å². The van der Waals surface area contributed by atoms with E-state index in [1.165, 1.54) is 0 Å². The second-order valence-corrected chi connectivity index (χ2v) is 5.20. The molecule has 0 fully saturated rings. The number of carbonyl (C=O) groups is 1. The molecule has 2 aromatic rings. The SMILES string of the molecule is CCOc1ccc2[nH]cc(C(=O)C(C)Br)c2c1. The lowest BCUT2D eigenvalue weighted by Crippen LogP contribution is -2.09. The van der Waals surface area contributed by atoms with Gasteiger partial charge in [-0.05, 0) is 32.0 Å². The first-order chi connectivity index (χ1) is 8.13. The van der Waals surface area contributed by atoms with Gasteiger partial charge in [0.15, 0.2) is 5.78 Å². The molecule has 0 saturated carbocycles. The first-order valence-corrected chi connectivity index (χ1v) is 6.47. The Labute approximate surface area is 108 Å². The van der Waals surface area contributed by atoms with E-state index in [4.69, 9.17) is 4.74 Å². The molecule has 3 nitrogen and oxygen atoms in total. The molecule has 1 heterocycles. The predicted molar refractivity (Wildman–Crippen MR) is 72.2 cm³/mol. The molecule has 1 aromatic heterocycles. The molecule has 1 atom stereocenters. The second-order valence-electron chi connectivity index (χ2n) is 3.82. The zero-order chi connectivity index (χ0) is 12.4. The van der Waals surface area contributed by atoms with Crippen LogP contribution in [0.4, 0.5) is 0 Å². The average Bonchev–Trinajstić information content (AvgIpc) is 2.71. The third kappa shape index (κ3) is 2.36. The Morgan fingerprint density at radius 1 is 1.53 bits per heavy atom. The van der Waals surface area contributed by atoms with Gasteiger partial charge in [0.2, 0.25) is 0 Å². The third-order valence-corrected chi connectivity index (χ3v) is 3.01. The van der Waals surface area contributed by atoms with Crippen molar-refractivity contribution in [1.82, 2.24) is 4.98 Å². The first-order valence-electron chi connectivity index (χ1n) is 5.55. The number of aromatic amines is 1. The molecule has 1 aromatic carbocycles. The summed E-state index contributed by atoms with van der Waals surface area (Å²) in [4.78, 5) is 14.9. The van der Waals surface area contributed by atoms with Crippen LogP contribution in [0.1, 0.15) is 24.2 Å². The molecular weight excluding hydrogens is 282 g/mol. The number of nitrogens with one attached hydrogen (secondary N) is 1. The Balaban J connectivity index is 2.50. The number of benzene rings is 1. The van der Waals surface area contributed by atoms with E-state index in [0.29, 0.717) is 12.2 Å². The molecule has 17 heavy (non-hydrogen) atoms. The molecule has 90 valence electrons. The van der Waals surface area contributed by atoms with Crippen molar-refractivity contribution in [3.05, 3.63) is 30.0 Å². The summed E-state index contributed by atoms with van der Waals surface area (Å²) in [7, 11) is 0. The molecule has 2 rings (SSSR count). The maximum atomic E-state index is 12.0. The summed E-state index contributed by atoms with van der Waals surface area (Å²) in [5, 5.41) is 0.909. The lowest BCUT2D eigenvalue weighted by atomic mass is 10.1. The monoisotopic (exact) mass is 295 g/mol. The fourth-order valence-electron chi connectivity index (χ4n) is 1.77. The van der Waals surface area contributed by atoms with Crippen LogP contribution in [0.5, 0.6) is 5.75 Å². The van der Waals surface area contributed by atoms with Crippen molar-refractivity contribution < 1.29 is 9.53 Å². The Bertz CT molecular complexity index is 545. The van der Waals surface area contributed by atoms with Crippen molar-refractivity contribution in [3.63, 3.8) is 0 Å². The number of halogens is 1. The minimum atomic E-state index is -0.183.